The lowest BCUT2D eigenvalue weighted by molar-refractivity contribution is -0.137. The Balaban J connectivity index is 1.92. The van der Waals surface area contributed by atoms with Crippen molar-refractivity contribution in [1.82, 2.24) is 4.90 Å². The monoisotopic (exact) mass is 293 g/mol. The Morgan fingerprint density at radius 3 is 2.76 bits per heavy atom. The van der Waals surface area contributed by atoms with E-state index in [0.717, 1.165) is 25.3 Å². The predicted molar refractivity (Wildman–Crippen MR) is 75.1 cm³/mol. The van der Waals surface area contributed by atoms with Crippen LogP contribution in [-0.4, -0.2) is 46.2 Å². The van der Waals surface area contributed by atoms with Gasteiger partial charge in [0.1, 0.15) is 17.1 Å². The predicted octanol–water partition coefficient (Wildman–Crippen LogP) is 1.66. The van der Waals surface area contributed by atoms with Crippen LogP contribution >= 0.6 is 0 Å². The number of benzene rings is 1. The third-order valence-electron chi connectivity index (χ3n) is 3.65. The summed E-state index contributed by atoms with van der Waals surface area (Å²) < 4.78 is 4.94. The van der Waals surface area contributed by atoms with E-state index in [1.165, 1.54) is 12.1 Å². The molecule has 1 fully saturated rings. The Labute approximate surface area is 122 Å². The number of amides is 1. The van der Waals surface area contributed by atoms with Gasteiger partial charge in [-0.3, -0.25) is 4.79 Å². The highest BCUT2D eigenvalue weighted by Crippen LogP contribution is 2.23. The lowest BCUT2D eigenvalue weighted by atomic mass is 10.0. The van der Waals surface area contributed by atoms with Gasteiger partial charge in [0.05, 0.1) is 0 Å². The number of aromatic hydroxyl groups is 2. The van der Waals surface area contributed by atoms with Crippen LogP contribution < -0.4 is 0 Å². The van der Waals surface area contributed by atoms with Gasteiger partial charge in [-0.2, -0.15) is 0 Å². The number of ether oxygens (including phenoxy) is 1. The second-order valence-electron chi connectivity index (χ2n) is 5.21. The highest BCUT2D eigenvalue weighted by molar-refractivity contribution is 5.94. The maximum atomic E-state index is 12.0. The first-order chi connectivity index (χ1) is 9.99. The summed E-state index contributed by atoms with van der Waals surface area (Å²) in [5.41, 5.74) is -0.0766. The Bertz CT molecular complexity index is 543. The molecule has 0 spiro atoms. The van der Waals surface area contributed by atoms with E-state index in [0.29, 0.717) is 6.54 Å². The molecular formula is C15H19NO5. The van der Waals surface area contributed by atoms with Gasteiger partial charge in [-0.25, -0.2) is 4.79 Å². The first-order valence-corrected chi connectivity index (χ1v) is 6.97. The number of phenolic OH excluding ortho intramolecular Hbond substituents is 2. The minimum atomic E-state index is -0.787. The lowest BCUT2D eigenvalue weighted by Gasteiger charge is -2.33. The molecule has 2 N–H and O–H groups in total. The summed E-state index contributed by atoms with van der Waals surface area (Å²) in [5.74, 6) is -1.54. The number of hydrogen-bond acceptors (Lipinski definition) is 5. The van der Waals surface area contributed by atoms with Crippen molar-refractivity contribution in [1.29, 1.82) is 0 Å². The SMILES string of the molecule is CC1CCCCN1C(=O)COC(=O)c1ccc(O)cc1O. The van der Waals surface area contributed by atoms with E-state index in [1.807, 2.05) is 6.92 Å². The first-order valence-electron chi connectivity index (χ1n) is 6.97. The number of hydrogen-bond donors (Lipinski definition) is 2. The van der Waals surface area contributed by atoms with E-state index >= 15 is 0 Å². The van der Waals surface area contributed by atoms with Crippen molar-refractivity contribution in [3.8, 4) is 11.5 Å². The van der Waals surface area contributed by atoms with Crippen molar-refractivity contribution in [3.05, 3.63) is 23.8 Å². The molecule has 0 radical (unpaired) electrons. The van der Waals surface area contributed by atoms with Crippen molar-refractivity contribution in [2.75, 3.05) is 13.2 Å². The second kappa shape index (κ2) is 6.47. The van der Waals surface area contributed by atoms with E-state index in [9.17, 15) is 14.7 Å². The molecule has 6 nitrogen and oxygen atoms in total. The molecule has 6 heteroatoms. The van der Waals surface area contributed by atoms with Crippen LogP contribution in [0.3, 0.4) is 0 Å². The van der Waals surface area contributed by atoms with Crippen LogP contribution in [0.15, 0.2) is 18.2 Å². The van der Waals surface area contributed by atoms with Gasteiger partial charge in [0, 0.05) is 18.7 Å². The van der Waals surface area contributed by atoms with Gasteiger partial charge < -0.3 is 19.8 Å². The third kappa shape index (κ3) is 3.65. The summed E-state index contributed by atoms with van der Waals surface area (Å²) in [7, 11) is 0. The van der Waals surface area contributed by atoms with Crippen molar-refractivity contribution in [3.63, 3.8) is 0 Å². The van der Waals surface area contributed by atoms with Gasteiger partial charge in [0.2, 0.25) is 0 Å². The lowest BCUT2D eigenvalue weighted by Crippen LogP contribution is -2.44. The van der Waals surface area contributed by atoms with Crippen LogP contribution in [0.5, 0.6) is 11.5 Å². The number of phenols is 2. The summed E-state index contributed by atoms with van der Waals surface area (Å²) in [6.45, 7) is 2.32. The number of esters is 1. The van der Waals surface area contributed by atoms with E-state index in [-0.39, 0.29) is 35.6 Å². The average molecular weight is 293 g/mol. The highest BCUT2D eigenvalue weighted by atomic mass is 16.5. The fraction of sp³-hybridized carbons (Fsp3) is 0.467. The van der Waals surface area contributed by atoms with Gasteiger partial charge in [-0.05, 0) is 38.3 Å². The maximum Gasteiger partial charge on any atom is 0.342 e. The molecule has 0 saturated carbocycles. The number of piperidine rings is 1. The van der Waals surface area contributed by atoms with Crippen molar-refractivity contribution in [2.45, 2.75) is 32.2 Å². The molecule has 1 atom stereocenters. The minimum Gasteiger partial charge on any atom is -0.508 e. The largest absolute Gasteiger partial charge is 0.508 e. The highest BCUT2D eigenvalue weighted by Gasteiger charge is 2.24. The van der Waals surface area contributed by atoms with Crippen LogP contribution in [0, 0.1) is 0 Å². The molecule has 1 amide bonds. The fourth-order valence-corrected chi connectivity index (χ4v) is 2.45. The van der Waals surface area contributed by atoms with Gasteiger partial charge in [0.15, 0.2) is 6.61 Å². The molecule has 1 aliphatic heterocycles. The quantitative estimate of drug-likeness (QED) is 0.828. The Hall–Kier alpha value is -2.24. The van der Waals surface area contributed by atoms with Gasteiger partial charge in [-0.15, -0.1) is 0 Å². The summed E-state index contributed by atoms with van der Waals surface area (Å²) in [5, 5.41) is 18.7. The van der Waals surface area contributed by atoms with Crippen molar-refractivity contribution < 1.29 is 24.5 Å². The van der Waals surface area contributed by atoms with E-state index < -0.39 is 5.97 Å². The van der Waals surface area contributed by atoms with Crippen LogP contribution in [-0.2, 0) is 9.53 Å². The number of carbonyl (C=O) groups is 2. The summed E-state index contributed by atoms with van der Waals surface area (Å²) in [6, 6.07) is 3.73. The molecule has 1 unspecified atom stereocenters. The second-order valence-corrected chi connectivity index (χ2v) is 5.21. The number of rotatable bonds is 3. The topological polar surface area (TPSA) is 87.1 Å². The van der Waals surface area contributed by atoms with Crippen LogP contribution in [0.25, 0.3) is 0 Å². The zero-order chi connectivity index (χ0) is 15.4. The molecule has 1 saturated heterocycles. The molecule has 0 bridgehead atoms. The Morgan fingerprint density at radius 1 is 1.33 bits per heavy atom. The van der Waals surface area contributed by atoms with Crippen LogP contribution in [0.1, 0.15) is 36.5 Å². The van der Waals surface area contributed by atoms with Gasteiger partial charge in [-0.1, -0.05) is 0 Å². The Kier molecular flexibility index (Phi) is 4.67. The molecule has 1 aromatic carbocycles. The van der Waals surface area contributed by atoms with Gasteiger partial charge >= 0.3 is 5.97 Å². The van der Waals surface area contributed by atoms with E-state index in [4.69, 9.17) is 9.84 Å². The molecular weight excluding hydrogens is 274 g/mol. The smallest absolute Gasteiger partial charge is 0.342 e. The third-order valence-corrected chi connectivity index (χ3v) is 3.65. The minimum absolute atomic E-state index is 0.0766. The molecule has 2 rings (SSSR count). The first kappa shape index (κ1) is 15.2. The number of likely N-dealkylation sites (tertiary alicyclic amines) is 1. The van der Waals surface area contributed by atoms with Crippen molar-refractivity contribution >= 4 is 11.9 Å². The fourth-order valence-electron chi connectivity index (χ4n) is 2.45. The summed E-state index contributed by atoms with van der Waals surface area (Å²) in [4.78, 5) is 25.6. The van der Waals surface area contributed by atoms with E-state index in [2.05, 4.69) is 0 Å². The molecule has 0 aliphatic carbocycles. The van der Waals surface area contributed by atoms with Crippen molar-refractivity contribution in [2.24, 2.45) is 0 Å². The summed E-state index contributed by atoms with van der Waals surface area (Å²) >= 11 is 0. The Morgan fingerprint density at radius 2 is 2.10 bits per heavy atom. The molecule has 1 aliphatic rings. The van der Waals surface area contributed by atoms with E-state index in [1.54, 1.807) is 4.90 Å². The number of carbonyl (C=O) groups excluding carboxylic acids is 2. The molecule has 1 aromatic rings. The standard InChI is InChI=1S/C15H19NO5/c1-10-4-2-3-7-16(10)14(19)9-21-15(20)12-6-5-11(17)8-13(12)18/h5-6,8,10,17-18H,2-4,7,9H2,1H3. The van der Waals surface area contributed by atoms with Gasteiger partial charge in [0.25, 0.3) is 5.91 Å². The normalized spacial score (nSPS) is 18.3. The average Bonchev–Trinajstić information content (AvgIpc) is 2.45. The zero-order valence-electron chi connectivity index (χ0n) is 11.9. The number of nitrogens with zero attached hydrogens (tertiary/aromatic N) is 1. The molecule has 1 heterocycles. The van der Waals surface area contributed by atoms with Crippen LogP contribution in [0.2, 0.25) is 0 Å². The molecule has 114 valence electrons. The summed E-state index contributed by atoms with van der Waals surface area (Å²) in [6.07, 6.45) is 3.02. The van der Waals surface area contributed by atoms with Crippen LogP contribution in [0.4, 0.5) is 0 Å². The molecule has 21 heavy (non-hydrogen) atoms. The molecule has 0 aromatic heterocycles. The maximum absolute atomic E-state index is 12.0. The zero-order valence-corrected chi connectivity index (χ0v) is 11.9.